The summed E-state index contributed by atoms with van der Waals surface area (Å²) in [5.41, 5.74) is 2.27. The number of halogens is 2. The average molecular weight is 504 g/mol. The molecule has 5 rings (SSSR count). The maximum Gasteiger partial charge on any atom is 0.274 e. The van der Waals surface area contributed by atoms with Gasteiger partial charge in [0.2, 0.25) is 5.43 Å². The zero-order valence-electron chi connectivity index (χ0n) is 19.6. The SMILES string of the molecule is CC1[C@@H](O)[C@]2(CC[C@H](C)N3C[C@H]2n2cc(C(N)=O)c(=O)c(O)c2C3=O)ON1Cc1ccc(F)cc1F. The van der Waals surface area contributed by atoms with Crippen LogP contribution < -0.4 is 11.2 Å². The summed E-state index contributed by atoms with van der Waals surface area (Å²) in [7, 11) is 0. The smallest absolute Gasteiger partial charge is 0.274 e. The van der Waals surface area contributed by atoms with Crippen molar-refractivity contribution in [1.82, 2.24) is 14.5 Å². The van der Waals surface area contributed by atoms with Gasteiger partial charge in [-0.1, -0.05) is 6.07 Å². The molecular formula is C24H26F2N4O6. The molecule has 1 spiro atoms. The Morgan fingerprint density at radius 3 is 2.67 bits per heavy atom. The number of hydrogen-bond donors (Lipinski definition) is 3. The molecular weight excluding hydrogens is 478 g/mol. The number of nitrogens with zero attached hydrogens (tertiary/aromatic N) is 3. The van der Waals surface area contributed by atoms with Crippen molar-refractivity contribution < 1.29 is 33.4 Å². The zero-order valence-corrected chi connectivity index (χ0v) is 19.6. The highest BCUT2D eigenvalue weighted by Crippen LogP contribution is 2.49. The Kier molecular flexibility index (Phi) is 5.65. The Hall–Kier alpha value is -3.35. The molecule has 0 aliphatic carbocycles. The molecule has 4 heterocycles. The van der Waals surface area contributed by atoms with Gasteiger partial charge in [0.05, 0.1) is 18.6 Å². The second-order valence-corrected chi connectivity index (χ2v) is 9.74. The predicted molar refractivity (Wildman–Crippen MR) is 121 cm³/mol. The molecule has 2 saturated heterocycles. The molecule has 2 bridgehead atoms. The molecule has 4 N–H and O–H groups in total. The molecule has 12 heteroatoms. The highest BCUT2D eigenvalue weighted by molar-refractivity contribution is 5.99. The number of pyridine rings is 1. The Bertz CT molecular complexity index is 1330. The number of primary amides is 1. The third-order valence-corrected chi connectivity index (χ3v) is 7.73. The van der Waals surface area contributed by atoms with E-state index in [1.165, 1.54) is 20.6 Å². The van der Waals surface area contributed by atoms with E-state index in [2.05, 4.69) is 0 Å². The molecule has 2 fully saturated rings. The van der Waals surface area contributed by atoms with E-state index in [1.807, 2.05) is 6.92 Å². The van der Waals surface area contributed by atoms with Gasteiger partial charge < -0.3 is 25.4 Å². The van der Waals surface area contributed by atoms with Gasteiger partial charge in [0.1, 0.15) is 28.9 Å². The lowest BCUT2D eigenvalue weighted by molar-refractivity contribution is -0.232. The van der Waals surface area contributed by atoms with Crippen molar-refractivity contribution in [1.29, 1.82) is 0 Å². The predicted octanol–water partition coefficient (Wildman–Crippen LogP) is 1.05. The number of amides is 2. The Morgan fingerprint density at radius 2 is 2.00 bits per heavy atom. The first-order valence-corrected chi connectivity index (χ1v) is 11.6. The molecule has 3 aliphatic heterocycles. The van der Waals surface area contributed by atoms with Crippen LogP contribution in [0.4, 0.5) is 8.78 Å². The number of hydroxylamine groups is 2. The van der Waals surface area contributed by atoms with Crippen LogP contribution >= 0.6 is 0 Å². The van der Waals surface area contributed by atoms with Crippen LogP contribution in [0.2, 0.25) is 0 Å². The summed E-state index contributed by atoms with van der Waals surface area (Å²) < 4.78 is 29.1. The molecule has 0 radical (unpaired) electrons. The summed E-state index contributed by atoms with van der Waals surface area (Å²) in [5, 5.41) is 23.6. The zero-order chi connectivity index (χ0) is 26.1. The van der Waals surface area contributed by atoms with E-state index >= 15 is 0 Å². The van der Waals surface area contributed by atoms with Crippen molar-refractivity contribution in [2.24, 2.45) is 5.73 Å². The number of nitrogens with two attached hydrogens (primary N) is 1. The standard InChI is InChI=1S/C24H26F2N4O6/c1-11-5-6-24(21(33)12(2)30(36-24)8-13-3-4-14(25)7-16(13)26)17-10-28(11)23(35)18-20(32)19(31)15(22(27)34)9-29(17)18/h3-4,7,9,11-12,17,21,32-33H,5-6,8,10H2,1-2H3,(H2,27,34)/t11-,12?,17+,21+,24+/m0/s1. The maximum atomic E-state index is 14.4. The van der Waals surface area contributed by atoms with E-state index in [1.54, 1.807) is 6.92 Å². The largest absolute Gasteiger partial charge is 0.503 e. The van der Waals surface area contributed by atoms with Crippen molar-refractivity contribution in [2.75, 3.05) is 6.54 Å². The number of aromatic nitrogens is 1. The van der Waals surface area contributed by atoms with Gasteiger partial charge in [-0.25, -0.2) is 8.78 Å². The topological polar surface area (TPSA) is 138 Å². The molecule has 1 aromatic carbocycles. The van der Waals surface area contributed by atoms with Crippen LogP contribution in [0.1, 0.15) is 59.1 Å². The first-order valence-electron chi connectivity index (χ1n) is 11.6. The molecule has 2 aromatic rings. The van der Waals surface area contributed by atoms with Crippen LogP contribution in [0.5, 0.6) is 5.75 Å². The fourth-order valence-corrected chi connectivity index (χ4v) is 5.64. The minimum absolute atomic E-state index is 0.0655. The number of fused-ring (bicyclic) bond motifs is 5. The van der Waals surface area contributed by atoms with Crippen molar-refractivity contribution in [3.05, 3.63) is 63.1 Å². The molecule has 192 valence electrons. The van der Waals surface area contributed by atoms with Crippen LogP contribution in [0.3, 0.4) is 0 Å². The van der Waals surface area contributed by atoms with Crippen molar-refractivity contribution in [2.45, 2.75) is 63.1 Å². The van der Waals surface area contributed by atoms with Gasteiger partial charge >= 0.3 is 0 Å². The molecule has 1 aromatic heterocycles. The van der Waals surface area contributed by atoms with E-state index in [9.17, 15) is 33.4 Å². The minimum Gasteiger partial charge on any atom is -0.503 e. The second-order valence-electron chi connectivity index (χ2n) is 9.74. The van der Waals surface area contributed by atoms with Crippen molar-refractivity contribution in [3.8, 4) is 5.75 Å². The lowest BCUT2D eigenvalue weighted by Gasteiger charge is -2.43. The van der Waals surface area contributed by atoms with E-state index in [0.717, 1.165) is 18.3 Å². The quantitative estimate of drug-likeness (QED) is 0.568. The van der Waals surface area contributed by atoms with Gasteiger partial charge in [-0.2, -0.15) is 5.06 Å². The first-order chi connectivity index (χ1) is 17.0. The lowest BCUT2D eigenvalue weighted by Crippen LogP contribution is -2.56. The number of carbonyl (C=O) groups excluding carboxylic acids is 2. The van der Waals surface area contributed by atoms with Gasteiger partial charge in [0.15, 0.2) is 11.4 Å². The number of aliphatic hydroxyl groups excluding tert-OH is 1. The summed E-state index contributed by atoms with van der Waals surface area (Å²) in [6.45, 7) is 3.48. The Balaban J connectivity index is 1.63. The minimum atomic E-state index is -1.36. The van der Waals surface area contributed by atoms with Crippen molar-refractivity contribution >= 4 is 11.8 Å². The van der Waals surface area contributed by atoms with Gasteiger partial charge in [-0.15, -0.1) is 0 Å². The Labute approximate surface area is 204 Å². The van der Waals surface area contributed by atoms with E-state index in [4.69, 9.17) is 10.6 Å². The Morgan fingerprint density at radius 1 is 1.28 bits per heavy atom. The van der Waals surface area contributed by atoms with Gasteiger partial charge in [-0.3, -0.25) is 19.2 Å². The van der Waals surface area contributed by atoms with Crippen LogP contribution in [0, 0.1) is 11.6 Å². The van der Waals surface area contributed by atoms with Crippen LogP contribution in [0.15, 0.2) is 29.2 Å². The maximum absolute atomic E-state index is 14.4. The average Bonchev–Trinajstić information content (AvgIpc) is 2.97. The molecule has 36 heavy (non-hydrogen) atoms. The van der Waals surface area contributed by atoms with Gasteiger partial charge in [0.25, 0.3) is 11.8 Å². The highest BCUT2D eigenvalue weighted by Gasteiger charge is 2.61. The third kappa shape index (κ3) is 3.43. The van der Waals surface area contributed by atoms with Crippen LogP contribution in [0.25, 0.3) is 0 Å². The van der Waals surface area contributed by atoms with E-state index in [0.29, 0.717) is 6.42 Å². The molecule has 2 amide bonds. The summed E-state index contributed by atoms with van der Waals surface area (Å²) in [5.74, 6) is -4.05. The summed E-state index contributed by atoms with van der Waals surface area (Å²) in [6.07, 6.45) is 0.681. The van der Waals surface area contributed by atoms with Crippen LogP contribution in [-0.4, -0.2) is 66.9 Å². The van der Waals surface area contributed by atoms with Gasteiger partial charge in [-0.05, 0) is 32.8 Å². The van der Waals surface area contributed by atoms with Crippen LogP contribution in [-0.2, 0) is 11.4 Å². The number of aliphatic hydroxyl groups is 1. The molecule has 10 nitrogen and oxygen atoms in total. The first kappa shape index (κ1) is 24.3. The number of benzene rings is 1. The normalized spacial score (nSPS) is 29.9. The molecule has 3 aliphatic rings. The summed E-state index contributed by atoms with van der Waals surface area (Å²) >= 11 is 0. The number of aromatic hydroxyl groups is 1. The molecule has 5 atom stereocenters. The van der Waals surface area contributed by atoms with E-state index in [-0.39, 0.29) is 36.8 Å². The van der Waals surface area contributed by atoms with E-state index < -0.39 is 64.0 Å². The van der Waals surface area contributed by atoms with Crippen molar-refractivity contribution in [3.63, 3.8) is 0 Å². The number of hydrogen-bond acceptors (Lipinski definition) is 7. The molecule has 1 unspecified atom stereocenters. The summed E-state index contributed by atoms with van der Waals surface area (Å²) in [6, 6.07) is 1.42. The monoisotopic (exact) mass is 504 g/mol. The lowest BCUT2D eigenvalue weighted by atomic mass is 9.81. The number of rotatable bonds is 3. The highest BCUT2D eigenvalue weighted by atomic mass is 19.1. The fraction of sp³-hybridized carbons (Fsp3) is 0.458. The number of carbonyl (C=O) groups is 2. The fourth-order valence-electron chi connectivity index (χ4n) is 5.64. The molecule has 0 saturated carbocycles. The second kappa shape index (κ2) is 8.36. The van der Waals surface area contributed by atoms with Gasteiger partial charge in [0, 0.05) is 30.4 Å². The third-order valence-electron chi connectivity index (χ3n) is 7.73. The summed E-state index contributed by atoms with van der Waals surface area (Å²) in [4.78, 5) is 45.6.